The molecule has 2 aliphatic heterocycles. The van der Waals surface area contributed by atoms with Gasteiger partial charge in [0.05, 0.1) is 18.3 Å². The Balaban J connectivity index is 1.42. The van der Waals surface area contributed by atoms with Crippen molar-refractivity contribution in [2.45, 2.75) is 37.8 Å². The average molecular weight is 369 g/mol. The molecule has 0 bridgehead atoms. The van der Waals surface area contributed by atoms with Crippen LogP contribution in [0.3, 0.4) is 0 Å². The Morgan fingerprint density at radius 3 is 2.63 bits per heavy atom. The Hall–Kier alpha value is -2.47. The van der Waals surface area contributed by atoms with Crippen LogP contribution in [0.1, 0.15) is 49.1 Å². The van der Waals surface area contributed by atoms with Crippen molar-refractivity contribution in [3.05, 3.63) is 54.0 Å². The van der Waals surface area contributed by atoms with Crippen LogP contribution in [0.15, 0.2) is 47.1 Å². The molecule has 3 heterocycles. The zero-order chi connectivity index (χ0) is 18.6. The number of likely N-dealkylation sites (tertiary alicyclic amines) is 2. The van der Waals surface area contributed by atoms with Gasteiger partial charge in [0.15, 0.2) is 0 Å². The molecule has 6 nitrogen and oxygen atoms in total. The van der Waals surface area contributed by atoms with E-state index >= 15 is 0 Å². The predicted octanol–water partition coefficient (Wildman–Crippen LogP) is 3.67. The lowest BCUT2D eigenvalue weighted by atomic mass is 10.0. The second-order valence-corrected chi connectivity index (χ2v) is 7.40. The zero-order valence-corrected chi connectivity index (χ0v) is 15.5. The second kappa shape index (κ2) is 8.05. The Labute approximate surface area is 159 Å². The summed E-state index contributed by atoms with van der Waals surface area (Å²) in [5, 5.41) is 12.6. The van der Waals surface area contributed by atoms with E-state index < -0.39 is 0 Å². The van der Waals surface area contributed by atoms with E-state index in [9.17, 15) is 9.90 Å². The molecule has 2 aliphatic rings. The van der Waals surface area contributed by atoms with Crippen LogP contribution in [-0.2, 0) is 0 Å². The smallest absolute Gasteiger partial charge is 0.317 e. The second-order valence-electron chi connectivity index (χ2n) is 7.40. The first kappa shape index (κ1) is 17.9. The molecule has 0 aliphatic carbocycles. The van der Waals surface area contributed by atoms with Crippen LogP contribution in [0, 0.1) is 0 Å². The summed E-state index contributed by atoms with van der Waals surface area (Å²) in [6.07, 6.45) is 6.03. The average Bonchev–Trinajstić information content (AvgIpc) is 3.44. The summed E-state index contributed by atoms with van der Waals surface area (Å²) in [5.74, 6) is 1.16. The Morgan fingerprint density at radius 1 is 1.15 bits per heavy atom. The molecule has 27 heavy (non-hydrogen) atoms. The molecule has 6 heteroatoms. The van der Waals surface area contributed by atoms with Crippen molar-refractivity contribution in [2.24, 2.45) is 0 Å². The van der Waals surface area contributed by atoms with E-state index in [1.165, 1.54) is 12.8 Å². The molecular formula is C21H27N3O3. The molecule has 144 valence electrons. The van der Waals surface area contributed by atoms with Gasteiger partial charge in [0.2, 0.25) is 0 Å². The molecule has 1 aromatic carbocycles. The van der Waals surface area contributed by atoms with Crippen LogP contribution in [0.5, 0.6) is 5.75 Å². The standard InChI is InChI=1S/C21H27N3O3/c25-17-9-7-16(8-10-17)18-5-3-13-24(18)21(26)22-15-19(20-6-4-14-27-20)23-11-1-2-12-23/h4,6-10,14,18-19,25H,1-3,5,11-13,15H2,(H,22,26). The number of nitrogens with zero attached hydrogens (tertiary/aromatic N) is 2. The fraction of sp³-hybridized carbons (Fsp3) is 0.476. The third-order valence-electron chi connectivity index (χ3n) is 5.69. The van der Waals surface area contributed by atoms with Gasteiger partial charge in [0, 0.05) is 13.1 Å². The van der Waals surface area contributed by atoms with Gasteiger partial charge in [0.25, 0.3) is 0 Å². The third-order valence-corrected chi connectivity index (χ3v) is 5.69. The Kier molecular flexibility index (Phi) is 5.34. The number of aromatic hydroxyl groups is 1. The number of amides is 2. The number of urea groups is 1. The summed E-state index contributed by atoms with van der Waals surface area (Å²) in [6.45, 7) is 3.39. The first-order valence-electron chi connectivity index (χ1n) is 9.83. The first-order valence-corrected chi connectivity index (χ1v) is 9.83. The lowest BCUT2D eigenvalue weighted by Gasteiger charge is -2.29. The largest absolute Gasteiger partial charge is 0.508 e. The maximum absolute atomic E-state index is 12.9. The van der Waals surface area contributed by atoms with Gasteiger partial charge in [-0.25, -0.2) is 4.79 Å². The number of hydrogen-bond acceptors (Lipinski definition) is 4. The summed E-state index contributed by atoms with van der Waals surface area (Å²) < 4.78 is 5.64. The van der Waals surface area contributed by atoms with Gasteiger partial charge in [-0.2, -0.15) is 0 Å². The van der Waals surface area contributed by atoms with Gasteiger partial charge in [-0.3, -0.25) is 4.90 Å². The molecule has 2 aromatic rings. The van der Waals surface area contributed by atoms with E-state index in [1.807, 2.05) is 29.2 Å². The molecule has 2 saturated heterocycles. The molecule has 2 amide bonds. The van der Waals surface area contributed by atoms with Crippen molar-refractivity contribution < 1.29 is 14.3 Å². The topological polar surface area (TPSA) is 69.0 Å². The van der Waals surface area contributed by atoms with Crippen LogP contribution in [0.2, 0.25) is 0 Å². The number of nitrogens with one attached hydrogen (secondary N) is 1. The maximum Gasteiger partial charge on any atom is 0.317 e. The van der Waals surface area contributed by atoms with E-state index in [1.54, 1.807) is 18.4 Å². The van der Waals surface area contributed by atoms with Crippen molar-refractivity contribution in [3.63, 3.8) is 0 Å². The van der Waals surface area contributed by atoms with Gasteiger partial charge in [-0.15, -0.1) is 0 Å². The summed E-state index contributed by atoms with van der Waals surface area (Å²) in [7, 11) is 0. The van der Waals surface area contributed by atoms with Gasteiger partial charge in [-0.1, -0.05) is 12.1 Å². The van der Waals surface area contributed by atoms with Crippen LogP contribution < -0.4 is 5.32 Å². The van der Waals surface area contributed by atoms with E-state index in [-0.39, 0.29) is 23.9 Å². The summed E-state index contributed by atoms with van der Waals surface area (Å²) in [5.41, 5.74) is 1.07. The Morgan fingerprint density at radius 2 is 1.93 bits per heavy atom. The molecule has 0 saturated carbocycles. The summed E-state index contributed by atoms with van der Waals surface area (Å²) in [6, 6.07) is 11.2. The van der Waals surface area contributed by atoms with Crippen LogP contribution in [-0.4, -0.2) is 47.1 Å². The van der Waals surface area contributed by atoms with Gasteiger partial charge in [-0.05, 0) is 68.6 Å². The number of rotatable bonds is 5. The third kappa shape index (κ3) is 3.95. The van der Waals surface area contributed by atoms with Crippen molar-refractivity contribution in [3.8, 4) is 5.75 Å². The number of phenols is 1. The van der Waals surface area contributed by atoms with Gasteiger partial charge >= 0.3 is 6.03 Å². The monoisotopic (exact) mass is 369 g/mol. The fourth-order valence-electron chi connectivity index (χ4n) is 4.28. The van der Waals surface area contributed by atoms with Crippen LogP contribution in [0.4, 0.5) is 4.79 Å². The summed E-state index contributed by atoms with van der Waals surface area (Å²) in [4.78, 5) is 17.2. The lowest BCUT2D eigenvalue weighted by Crippen LogP contribution is -2.43. The molecule has 0 radical (unpaired) electrons. The normalized spacial score (nSPS) is 21.5. The number of carbonyl (C=O) groups is 1. The van der Waals surface area contributed by atoms with Crippen LogP contribution >= 0.6 is 0 Å². The van der Waals surface area contributed by atoms with Crippen molar-refractivity contribution >= 4 is 6.03 Å². The molecular weight excluding hydrogens is 342 g/mol. The SMILES string of the molecule is O=C(NCC(c1ccco1)N1CCCC1)N1CCCC1c1ccc(O)cc1. The van der Waals surface area contributed by atoms with Gasteiger partial charge in [0.1, 0.15) is 11.5 Å². The molecule has 4 rings (SSSR count). The highest BCUT2D eigenvalue weighted by atomic mass is 16.3. The van der Waals surface area contributed by atoms with Crippen molar-refractivity contribution in [1.29, 1.82) is 0 Å². The van der Waals surface area contributed by atoms with E-state index in [0.717, 1.165) is 43.8 Å². The molecule has 2 atom stereocenters. The maximum atomic E-state index is 12.9. The lowest BCUT2D eigenvalue weighted by molar-refractivity contribution is 0.178. The predicted molar refractivity (Wildman–Crippen MR) is 102 cm³/mol. The fourth-order valence-corrected chi connectivity index (χ4v) is 4.28. The zero-order valence-electron chi connectivity index (χ0n) is 15.5. The number of furan rings is 1. The number of phenolic OH excluding ortho intramolecular Hbond substituents is 1. The van der Waals surface area contributed by atoms with Crippen molar-refractivity contribution in [1.82, 2.24) is 15.1 Å². The number of carbonyl (C=O) groups excluding carboxylic acids is 1. The van der Waals surface area contributed by atoms with E-state index in [0.29, 0.717) is 6.54 Å². The number of hydrogen-bond donors (Lipinski definition) is 2. The van der Waals surface area contributed by atoms with Crippen molar-refractivity contribution in [2.75, 3.05) is 26.2 Å². The Bertz CT molecular complexity index is 739. The van der Waals surface area contributed by atoms with Gasteiger partial charge < -0.3 is 19.7 Å². The van der Waals surface area contributed by atoms with Crippen LogP contribution in [0.25, 0.3) is 0 Å². The van der Waals surface area contributed by atoms with E-state index in [4.69, 9.17) is 4.42 Å². The molecule has 2 fully saturated rings. The molecule has 2 N–H and O–H groups in total. The quantitative estimate of drug-likeness (QED) is 0.844. The highest BCUT2D eigenvalue weighted by Crippen LogP contribution is 2.33. The molecule has 1 aromatic heterocycles. The van der Waals surface area contributed by atoms with E-state index in [2.05, 4.69) is 10.2 Å². The highest BCUT2D eigenvalue weighted by Gasteiger charge is 2.31. The highest BCUT2D eigenvalue weighted by molar-refractivity contribution is 5.75. The molecule has 2 unspecified atom stereocenters. The minimum atomic E-state index is -0.0265. The first-order chi connectivity index (χ1) is 13.2. The summed E-state index contributed by atoms with van der Waals surface area (Å²) >= 11 is 0. The molecule has 0 spiro atoms. The number of benzene rings is 1. The minimum Gasteiger partial charge on any atom is -0.508 e. The minimum absolute atomic E-state index is 0.0265.